The first-order chi connectivity index (χ1) is 9.65. The van der Waals surface area contributed by atoms with E-state index in [0.29, 0.717) is 23.3 Å². The highest BCUT2D eigenvalue weighted by Gasteiger charge is 2.13. The van der Waals surface area contributed by atoms with Gasteiger partial charge in [0.15, 0.2) is 11.5 Å². The molecule has 1 rings (SSSR count). The van der Waals surface area contributed by atoms with Gasteiger partial charge in [0.25, 0.3) is 0 Å². The van der Waals surface area contributed by atoms with Crippen LogP contribution in [0, 0.1) is 0 Å². The van der Waals surface area contributed by atoms with Gasteiger partial charge in [-0.2, -0.15) is 0 Å². The number of unbranched alkanes of at least 4 members (excludes halogenated alkanes) is 1. The normalized spacial score (nSPS) is 12.1. The molecule has 4 heteroatoms. The van der Waals surface area contributed by atoms with E-state index in [-0.39, 0.29) is 0 Å². The summed E-state index contributed by atoms with van der Waals surface area (Å²) < 4.78 is 16.0. The summed E-state index contributed by atoms with van der Waals surface area (Å²) in [5.41, 5.74) is 1.13. The van der Waals surface area contributed by atoms with Crippen LogP contribution in [0.3, 0.4) is 0 Å². The average molecular weight is 281 g/mol. The topological polar surface area (TPSA) is 39.7 Å². The van der Waals surface area contributed by atoms with Crippen molar-refractivity contribution in [2.75, 3.05) is 21.3 Å². The molecule has 1 N–H and O–H groups in total. The van der Waals surface area contributed by atoms with E-state index in [9.17, 15) is 0 Å². The van der Waals surface area contributed by atoms with E-state index < -0.39 is 0 Å². The van der Waals surface area contributed by atoms with Crippen LogP contribution in [0.1, 0.15) is 38.7 Å². The van der Waals surface area contributed by atoms with E-state index >= 15 is 0 Å². The lowest BCUT2D eigenvalue weighted by Crippen LogP contribution is -2.25. The number of methoxy groups -OCH3 is 3. The zero-order valence-corrected chi connectivity index (χ0v) is 13.3. The van der Waals surface area contributed by atoms with Gasteiger partial charge in [0.05, 0.1) is 21.3 Å². The second kappa shape index (κ2) is 8.69. The highest BCUT2D eigenvalue weighted by atomic mass is 16.5. The summed E-state index contributed by atoms with van der Waals surface area (Å²) >= 11 is 0. The Labute approximate surface area is 122 Å². The molecule has 0 aromatic heterocycles. The van der Waals surface area contributed by atoms with E-state index in [1.165, 1.54) is 19.3 Å². The fraction of sp³-hybridized carbons (Fsp3) is 0.625. The van der Waals surface area contributed by atoms with Crippen molar-refractivity contribution >= 4 is 0 Å². The molecule has 0 amide bonds. The van der Waals surface area contributed by atoms with Crippen LogP contribution in [-0.4, -0.2) is 27.4 Å². The minimum absolute atomic E-state index is 0.508. The Bertz CT molecular complexity index is 382. The summed E-state index contributed by atoms with van der Waals surface area (Å²) in [7, 11) is 4.89. The minimum Gasteiger partial charge on any atom is -0.493 e. The van der Waals surface area contributed by atoms with Gasteiger partial charge < -0.3 is 19.5 Å². The number of benzene rings is 1. The molecular formula is C16H27NO3. The third-order valence-corrected chi connectivity index (χ3v) is 3.37. The highest BCUT2D eigenvalue weighted by Crippen LogP contribution is 2.38. The van der Waals surface area contributed by atoms with E-state index in [0.717, 1.165) is 12.1 Å². The lowest BCUT2D eigenvalue weighted by Gasteiger charge is -2.16. The summed E-state index contributed by atoms with van der Waals surface area (Å²) in [6.45, 7) is 5.22. The Morgan fingerprint density at radius 3 is 2.10 bits per heavy atom. The molecule has 4 nitrogen and oxygen atoms in total. The second-order valence-electron chi connectivity index (χ2n) is 4.96. The van der Waals surface area contributed by atoms with Gasteiger partial charge in [0.1, 0.15) is 0 Å². The first kappa shape index (κ1) is 16.6. The smallest absolute Gasteiger partial charge is 0.203 e. The van der Waals surface area contributed by atoms with Crippen LogP contribution in [0.4, 0.5) is 0 Å². The van der Waals surface area contributed by atoms with E-state index in [2.05, 4.69) is 19.2 Å². The quantitative estimate of drug-likeness (QED) is 0.753. The molecule has 0 aliphatic carbocycles. The third kappa shape index (κ3) is 4.60. The summed E-state index contributed by atoms with van der Waals surface area (Å²) in [5, 5.41) is 3.52. The molecule has 114 valence electrons. The third-order valence-electron chi connectivity index (χ3n) is 3.37. The number of ether oxygens (including phenoxy) is 3. The minimum atomic E-state index is 0.508. The largest absolute Gasteiger partial charge is 0.493 e. The van der Waals surface area contributed by atoms with Gasteiger partial charge in [0, 0.05) is 12.6 Å². The summed E-state index contributed by atoms with van der Waals surface area (Å²) in [6, 6.07) is 4.48. The fourth-order valence-electron chi connectivity index (χ4n) is 2.14. The fourth-order valence-corrected chi connectivity index (χ4v) is 2.14. The van der Waals surface area contributed by atoms with E-state index in [4.69, 9.17) is 14.2 Å². The highest BCUT2D eigenvalue weighted by molar-refractivity contribution is 5.53. The molecule has 1 aromatic rings. The molecular weight excluding hydrogens is 254 g/mol. The maximum atomic E-state index is 5.36. The molecule has 0 aliphatic heterocycles. The Morgan fingerprint density at radius 2 is 1.65 bits per heavy atom. The maximum Gasteiger partial charge on any atom is 0.203 e. The monoisotopic (exact) mass is 281 g/mol. The zero-order valence-electron chi connectivity index (χ0n) is 13.3. The molecule has 1 unspecified atom stereocenters. The lowest BCUT2D eigenvalue weighted by molar-refractivity contribution is 0.323. The van der Waals surface area contributed by atoms with Gasteiger partial charge in [-0.15, -0.1) is 0 Å². The van der Waals surface area contributed by atoms with Crippen molar-refractivity contribution in [3.63, 3.8) is 0 Å². The first-order valence-corrected chi connectivity index (χ1v) is 7.18. The van der Waals surface area contributed by atoms with Gasteiger partial charge in [-0.25, -0.2) is 0 Å². The molecule has 0 spiro atoms. The second-order valence-corrected chi connectivity index (χ2v) is 4.96. The van der Waals surface area contributed by atoms with Crippen molar-refractivity contribution in [3.8, 4) is 17.2 Å². The summed E-state index contributed by atoms with van der Waals surface area (Å²) in [4.78, 5) is 0. The molecule has 0 fully saturated rings. The Hall–Kier alpha value is -1.42. The molecule has 0 heterocycles. The first-order valence-electron chi connectivity index (χ1n) is 7.18. The van der Waals surface area contributed by atoms with Gasteiger partial charge in [-0.1, -0.05) is 19.8 Å². The van der Waals surface area contributed by atoms with Crippen LogP contribution >= 0.6 is 0 Å². The molecule has 0 bridgehead atoms. The Morgan fingerprint density at radius 1 is 1.05 bits per heavy atom. The maximum absolute atomic E-state index is 5.36. The SMILES string of the molecule is CCCCC(C)NCc1cc(OC)c(OC)c(OC)c1. The average Bonchev–Trinajstić information content (AvgIpc) is 2.49. The van der Waals surface area contributed by atoms with Crippen LogP contribution in [0.25, 0.3) is 0 Å². The number of hydrogen-bond acceptors (Lipinski definition) is 4. The van der Waals surface area contributed by atoms with Crippen LogP contribution < -0.4 is 19.5 Å². The predicted octanol–water partition coefficient (Wildman–Crippen LogP) is 3.38. The van der Waals surface area contributed by atoms with Crippen molar-refractivity contribution in [1.29, 1.82) is 0 Å². The van der Waals surface area contributed by atoms with Gasteiger partial charge >= 0.3 is 0 Å². The van der Waals surface area contributed by atoms with Crippen LogP contribution in [-0.2, 0) is 6.54 Å². The van der Waals surface area contributed by atoms with E-state index in [1.54, 1.807) is 21.3 Å². The van der Waals surface area contributed by atoms with Gasteiger partial charge in [0.2, 0.25) is 5.75 Å². The standard InChI is InChI=1S/C16H27NO3/c1-6-7-8-12(2)17-11-13-9-14(18-3)16(20-5)15(10-13)19-4/h9-10,12,17H,6-8,11H2,1-5H3. The van der Waals surface area contributed by atoms with Crippen molar-refractivity contribution in [3.05, 3.63) is 17.7 Å². The number of hydrogen-bond donors (Lipinski definition) is 1. The Balaban J connectivity index is 2.75. The molecule has 0 radical (unpaired) electrons. The predicted molar refractivity (Wildman–Crippen MR) is 81.9 cm³/mol. The Kier molecular flexibility index (Phi) is 7.23. The van der Waals surface area contributed by atoms with Crippen LogP contribution in [0.5, 0.6) is 17.2 Å². The van der Waals surface area contributed by atoms with Crippen LogP contribution in [0.15, 0.2) is 12.1 Å². The van der Waals surface area contributed by atoms with Crippen molar-refractivity contribution in [2.45, 2.75) is 45.7 Å². The summed E-state index contributed by atoms with van der Waals surface area (Å²) in [6.07, 6.45) is 3.68. The zero-order chi connectivity index (χ0) is 15.0. The van der Waals surface area contributed by atoms with Crippen molar-refractivity contribution < 1.29 is 14.2 Å². The molecule has 1 atom stereocenters. The van der Waals surface area contributed by atoms with Gasteiger partial charge in [-0.3, -0.25) is 0 Å². The molecule has 0 saturated heterocycles. The molecule has 1 aromatic carbocycles. The van der Waals surface area contributed by atoms with E-state index in [1.807, 2.05) is 12.1 Å². The molecule has 0 saturated carbocycles. The van der Waals surface area contributed by atoms with Crippen molar-refractivity contribution in [1.82, 2.24) is 5.32 Å². The molecule has 20 heavy (non-hydrogen) atoms. The van der Waals surface area contributed by atoms with Crippen LogP contribution in [0.2, 0.25) is 0 Å². The summed E-state index contributed by atoms with van der Waals surface area (Å²) in [5.74, 6) is 2.03. The van der Waals surface area contributed by atoms with Crippen molar-refractivity contribution in [2.24, 2.45) is 0 Å². The lowest BCUT2D eigenvalue weighted by atomic mass is 10.1. The number of nitrogens with one attached hydrogen (secondary N) is 1. The van der Waals surface area contributed by atoms with Gasteiger partial charge in [-0.05, 0) is 31.0 Å². The number of rotatable bonds is 9. The molecule has 0 aliphatic rings.